The van der Waals surface area contributed by atoms with Crippen LogP contribution in [0.1, 0.15) is 39.5 Å². The Morgan fingerprint density at radius 3 is 2.11 bits per heavy atom. The molecule has 2 atom stereocenters. The molecule has 2 saturated carbocycles. The molecule has 2 amide bonds. The van der Waals surface area contributed by atoms with Crippen LogP contribution in [-0.2, 0) is 9.59 Å². The van der Waals surface area contributed by atoms with Gasteiger partial charge in [0.25, 0.3) is 0 Å². The van der Waals surface area contributed by atoms with Gasteiger partial charge in [0.15, 0.2) is 0 Å². The second-order valence-electron chi connectivity index (χ2n) is 6.74. The molecule has 4 heteroatoms. The van der Waals surface area contributed by atoms with Crippen LogP contribution in [0.5, 0.6) is 0 Å². The normalized spacial score (nSPS) is 42.1. The van der Waals surface area contributed by atoms with Crippen molar-refractivity contribution in [2.45, 2.75) is 45.6 Å². The van der Waals surface area contributed by atoms with Crippen LogP contribution < -0.4 is 0 Å². The van der Waals surface area contributed by atoms with Gasteiger partial charge in [0.1, 0.15) is 0 Å². The average molecular weight is 251 g/mol. The summed E-state index contributed by atoms with van der Waals surface area (Å²) in [5, 5.41) is 9.46. The summed E-state index contributed by atoms with van der Waals surface area (Å²) in [4.78, 5) is 25.8. The summed E-state index contributed by atoms with van der Waals surface area (Å²) in [7, 11) is 0. The van der Waals surface area contributed by atoms with E-state index < -0.39 is 0 Å². The Morgan fingerprint density at radius 2 is 1.61 bits per heavy atom. The molecule has 0 radical (unpaired) electrons. The molecular formula is C14H21NO3. The number of rotatable bonds is 2. The summed E-state index contributed by atoms with van der Waals surface area (Å²) >= 11 is 0. The summed E-state index contributed by atoms with van der Waals surface area (Å²) < 4.78 is 0. The minimum atomic E-state index is -0.182. The quantitative estimate of drug-likeness (QED) is 0.750. The zero-order chi connectivity index (χ0) is 13.1. The molecule has 3 aliphatic rings. The van der Waals surface area contributed by atoms with E-state index in [1.807, 2.05) is 13.8 Å². The number of nitrogens with zero attached hydrogens (tertiary/aromatic N) is 1. The SMILES string of the molecule is CC1(C)C2C(=O)N(CC3CCC(O)CC3)C(=O)C21. The van der Waals surface area contributed by atoms with Crippen molar-refractivity contribution >= 4 is 11.8 Å². The lowest BCUT2D eigenvalue weighted by molar-refractivity contribution is -0.144. The summed E-state index contributed by atoms with van der Waals surface area (Å²) in [5.74, 6) is 0.363. The smallest absolute Gasteiger partial charge is 0.233 e. The molecule has 1 aliphatic heterocycles. The number of aliphatic hydroxyl groups is 1. The van der Waals surface area contributed by atoms with Gasteiger partial charge in [-0.25, -0.2) is 0 Å². The number of amides is 2. The molecule has 1 heterocycles. The van der Waals surface area contributed by atoms with Crippen molar-refractivity contribution in [2.24, 2.45) is 23.2 Å². The van der Waals surface area contributed by atoms with Crippen LogP contribution in [0.25, 0.3) is 0 Å². The van der Waals surface area contributed by atoms with E-state index in [2.05, 4.69) is 0 Å². The van der Waals surface area contributed by atoms with Gasteiger partial charge in [0.2, 0.25) is 11.8 Å². The molecule has 0 aromatic rings. The van der Waals surface area contributed by atoms with Crippen LogP contribution in [0.2, 0.25) is 0 Å². The monoisotopic (exact) mass is 251 g/mol. The molecule has 2 unspecified atom stereocenters. The van der Waals surface area contributed by atoms with Crippen LogP contribution >= 0.6 is 0 Å². The van der Waals surface area contributed by atoms with E-state index in [0.29, 0.717) is 12.5 Å². The predicted molar refractivity (Wildman–Crippen MR) is 65.4 cm³/mol. The summed E-state index contributed by atoms with van der Waals surface area (Å²) in [6, 6.07) is 0. The predicted octanol–water partition coefficient (Wildman–Crippen LogP) is 1.18. The minimum absolute atomic E-state index is 0.0427. The van der Waals surface area contributed by atoms with E-state index in [1.54, 1.807) is 0 Å². The molecule has 4 nitrogen and oxygen atoms in total. The van der Waals surface area contributed by atoms with Gasteiger partial charge in [-0.3, -0.25) is 14.5 Å². The lowest BCUT2D eigenvalue weighted by Crippen LogP contribution is -2.40. The van der Waals surface area contributed by atoms with E-state index in [9.17, 15) is 14.7 Å². The number of imide groups is 1. The van der Waals surface area contributed by atoms with Crippen LogP contribution in [0, 0.1) is 23.2 Å². The first-order valence-electron chi connectivity index (χ1n) is 6.96. The Morgan fingerprint density at radius 1 is 1.11 bits per heavy atom. The molecule has 3 rings (SSSR count). The third kappa shape index (κ3) is 1.62. The van der Waals surface area contributed by atoms with Crippen LogP contribution in [0.15, 0.2) is 0 Å². The summed E-state index contributed by atoms with van der Waals surface area (Å²) in [6.45, 7) is 4.59. The lowest BCUT2D eigenvalue weighted by atomic mass is 9.87. The average Bonchev–Trinajstić information content (AvgIpc) is 2.79. The van der Waals surface area contributed by atoms with Gasteiger partial charge in [-0.15, -0.1) is 0 Å². The molecule has 18 heavy (non-hydrogen) atoms. The third-order valence-corrected chi connectivity index (χ3v) is 5.15. The molecule has 0 spiro atoms. The van der Waals surface area contributed by atoms with Gasteiger partial charge in [-0.2, -0.15) is 0 Å². The molecule has 100 valence electrons. The van der Waals surface area contributed by atoms with Gasteiger partial charge < -0.3 is 5.11 Å². The molecular weight excluding hydrogens is 230 g/mol. The van der Waals surface area contributed by atoms with Gasteiger partial charge in [0.05, 0.1) is 17.9 Å². The van der Waals surface area contributed by atoms with Crippen LogP contribution in [0.4, 0.5) is 0 Å². The van der Waals surface area contributed by atoms with Crippen molar-refractivity contribution in [2.75, 3.05) is 6.54 Å². The van der Waals surface area contributed by atoms with Crippen molar-refractivity contribution in [1.29, 1.82) is 0 Å². The van der Waals surface area contributed by atoms with E-state index >= 15 is 0 Å². The summed E-state index contributed by atoms with van der Waals surface area (Å²) in [5.41, 5.74) is -0.104. The Hall–Kier alpha value is -0.900. The maximum atomic E-state index is 12.2. The zero-order valence-corrected chi connectivity index (χ0v) is 11.1. The number of carbonyl (C=O) groups excluding carboxylic acids is 2. The van der Waals surface area contributed by atoms with Crippen molar-refractivity contribution < 1.29 is 14.7 Å². The first-order valence-corrected chi connectivity index (χ1v) is 6.96. The Bertz CT molecular complexity index is 372. The van der Waals surface area contributed by atoms with Crippen molar-refractivity contribution in [3.8, 4) is 0 Å². The maximum Gasteiger partial charge on any atom is 0.233 e. The number of hydrogen-bond acceptors (Lipinski definition) is 3. The first-order chi connectivity index (χ1) is 8.43. The number of aliphatic hydroxyl groups excluding tert-OH is 1. The van der Waals surface area contributed by atoms with Gasteiger partial charge in [-0.1, -0.05) is 13.8 Å². The second kappa shape index (κ2) is 3.80. The molecule has 0 aromatic heterocycles. The van der Waals surface area contributed by atoms with Crippen LogP contribution in [-0.4, -0.2) is 34.5 Å². The van der Waals surface area contributed by atoms with Gasteiger partial charge >= 0.3 is 0 Å². The van der Waals surface area contributed by atoms with Crippen molar-refractivity contribution in [3.05, 3.63) is 0 Å². The number of piperidine rings is 1. The third-order valence-electron chi connectivity index (χ3n) is 5.15. The van der Waals surface area contributed by atoms with E-state index in [-0.39, 0.29) is 35.2 Å². The van der Waals surface area contributed by atoms with E-state index in [0.717, 1.165) is 25.7 Å². The fraction of sp³-hybridized carbons (Fsp3) is 0.857. The first kappa shape index (κ1) is 12.2. The molecule has 0 aromatic carbocycles. The molecule has 1 saturated heterocycles. The van der Waals surface area contributed by atoms with Crippen molar-refractivity contribution in [3.63, 3.8) is 0 Å². The number of likely N-dealkylation sites (tertiary alicyclic amines) is 1. The standard InChI is InChI=1S/C14H21NO3/c1-14(2)10-11(14)13(18)15(12(10)17)7-8-3-5-9(16)6-4-8/h8-11,16H,3-7H2,1-2H3. The summed E-state index contributed by atoms with van der Waals surface area (Å²) in [6.07, 6.45) is 3.28. The molecule has 0 bridgehead atoms. The molecule has 2 aliphatic carbocycles. The lowest BCUT2D eigenvalue weighted by Gasteiger charge is -2.29. The highest BCUT2D eigenvalue weighted by Crippen LogP contribution is 2.63. The maximum absolute atomic E-state index is 12.2. The zero-order valence-electron chi connectivity index (χ0n) is 11.1. The second-order valence-corrected chi connectivity index (χ2v) is 6.74. The number of carbonyl (C=O) groups is 2. The highest BCUT2D eigenvalue weighted by Gasteiger charge is 2.72. The highest BCUT2D eigenvalue weighted by atomic mass is 16.3. The van der Waals surface area contributed by atoms with E-state index in [1.165, 1.54) is 4.90 Å². The van der Waals surface area contributed by atoms with Crippen molar-refractivity contribution in [1.82, 2.24) is 4.90 Å². The molecule has 3 fully saturated rings. The Kier molecular flexibility index (Phi) is 2.56. The number of hydrogen-bond donors (Lipinski definition) is 1. The fourth-order valence-corrected chi connectivity index (χ4v) is 3.77. The van der Waals surface area contributed by atoms with Gasteiger partial charge in [0, 0.05) is 6.54 Å². The van der Waals surface area contributed by atoms with Gasteiger partial charge in [-0.05, 0) is 37.0 Å². The van der Waals surface area contributed by atoms with Crippen LogP contribution in [0.3, 0.4) is 0 Å². The fourth-order valence-electron chi connectivity index (χ4n) is 3.77. The Labute approximate surface area is 107 Å². The molecule has 1 N–H and O–H groups in total. The Balaban J connectivity index is 1.62. The topological polar surface area (TPSA) is 57.6 Å². The van der Waals surface area contributed by atoms with E-state index in [4.69, 9.17) is 0 Å². The highest BCUT2D eigenvalue weighted by molar-refractivity contribution is 6.10. The largest absolute Gasteiger partial charge is 0.393 e. The minimum Gasteiger partial charge on any atom is -0.393 e. The number of fused-ring (bicyclic) bond motifs is 1.